The molecular formula is C15H21N3O. The maximum absolute atomic E-state index is 5.66. The molecule has 1 aliphatic rings. The molecule has 1 rings (SSSR count). The minimum absolute atomic E-state index is 0.182. The van der Waals surface area contributed by atoms with Gasteiger partial charge in [-0.2, -0.15) is 0 Å². The van der Waals surface area contributed by atoms with Crippen LogP contribution in [0.15, 0.2) is 58.8 Å². The molecule has 0 aromatic carbocycles. The summed E-state index contributed by atoms with van der Waals surface area (Å²) < 4.78 is 5.66. The lowest BCUT2D eigenvalue weighted by atomic mass is 10.1. The zero-order chi connectivity index (χ0) is 14.3. The molecule has 102 valence electrons. The van der Waals surface area contributed by atoms with Crippen LogP contribution in [0.4, 0.5) is 0 Å². The summed E-state index contributed by atoms with van der Waals surface area (Å²) in [5.41, 5.74) is 1.61. The van der Waals surface area contributed by atoms with Gasteiger partial charge in [0.05, 0.1) is 17.5 Å². The topological polar surface area (TPSA) is 46.0 Å². The summed E-state index contributed by atoms with van der Waals surface area (Å²) >= 11 is 0. The van der Waals surface area contributed by atoms with Crippen LogP contribution in [0.2, 0.25) is 0 Å². The smallest absolute Gasteiger partial charge is 0.218 e. The molecule has 4 heteroatoms. The summed E-state index contributed by atoms with van der Waals surface area (Å²) in [6.07, 6.45) is 8.52. The highest BCUT2D eigenvalue weighted by atomic mass is 16.5. The quantitative estimate of drug-likeness (QED) is 0.453. The Labute approximate surface area is 115 Å². The van der Waals surface area contributed by atoms with E-state index in [-0.39, 0.29) is 5.54 Å². The van der Waals surface area contributed by atoms with Crippen molar-refractivity contribution in [1.29, 1.82) is 0 Å². The van der Waals surface area contributed by atoms with E-state index in [1.165, 1.54) is 6.20 Å². The monoisotopic (exact) mass is 259 g/mol. The number of nitrogens with one attached hydrogen (secondary N) is 1. The van der Waals surface area contributed by atoms with Crippen molar-refractivity contribution in [3.8, 4) is 0 Å². The Morgan fingerprint density at radius 1 is 1.47 bits per heavy atom. The second-order valence-electron chi connectivity index (χ2n) is 4.76. The first-order chi connectivity index (χ1) is 9.00. The van der Waals surface area contributed by atoms with Crippen molar-refractivity contribution in [3.63, 3.8) is 0 Å². The average Bonchev–Trinajstić information content (AvgIpc) is 2.70. The number of ether oxygens (including phenoxy) is 1. The van der Waals surface area contributed by atoms with Gasteiger partial charge in [0, 0.05) is 11.9 Å². The zero-order valence-electron chi connectivity index (χ0n) is 11.8. The third-order valence-corrected chi connectivity index (χ3v) is 2.46. The van der Waals surface area contributed by atoms with Gasteiger partial charge in [-0.15, -0.1) is 0 Å². The Bertz CT molecular complexity index is 468. The number of hydrogen-bond acceptors (Lipinski definition) is 3. The van der Waals surface area contributed by atoms with Crippen LogP contribution in [0, 0.1) is 0 Å². The molecule has 0 aromatic heterocycles. The predicted molar refractivity (Wildman–Crippen MR) is 81.3 cm³/mol. The molecule has 0 fully saturated rings. The largest absolute Gasteiger partial charge is 0.475 e. The molecule has 0 spiro atoms. The molecule has 1 N–H and O–H groups in total. The highest BCUT2D eigenvalue weighted by molar-refractivity contribution is 5.98. The molecule has 0 atom stereocenters. The highest BCUT2D eigenvalue weighted by Gasteiger charge is 2.28. The molecule has 0 bridgehead atoms. The molecule has 0 saturated heterocycles. The van der Waals surface area contributed by atoms with Gasteiger partial charge in [-0.3, -0.25) is 0 Å². The number of allylic oxidation sites excluding steroid dienone is 3. The first-order valence-corrected chi connectivity index (χ1v) is 6.12. The Morgan fingerprint density at radius 2 is 2.21 bits per heavy atom. The molecule has 1 aliphatic heterocycles. The van der Waals surface area contributed by atoms with Gasteiger partial charge in [0.15, 0.2) is 0 Å². The molecule has 0 amide bonds. The van der Waals surface area contributed by atoms with Crippen molar-refractivity contribution in [2.75, 3.05) is 6.61 Å². The summed E-state index contributed by atoms with van der Waals surface area (Å²) in [4.78, 5) is 8.47. The maximum atomic E-state index is 5.66. The minimum atomic E-state index is -0.182. The van der Waals surface area contributed by atoms with Crippen molar-refractivity contribution in [1.82, 2.24) is 5.32 Å². The van der Waals surface area contributed by atoms with Crippen molar-refractivity contribution < 1.29 is 4.74 Å². The average molecular weight is 259 g/mol. The SMILES string of the molecule is C=C/C=C\C(C1=NC(C)(C)CO1)=C(\C)NC=NC=C. The standard InChI is InChI=1S/C15H21N3O/c1-6-8-9-13(12(3)17-11-16-7-2)14-18-15(4,5)10-19-14/h6-9,11H,1-2,10H2,3-5H3,(H,16,17)/b9-8-,13-12+. The van der Waals surface area contributed by atoms with E-state index in [2.05, 4.69) is 28.5 Å². The first-order valence-electron chi connectivity index (χ1n) is 6.12. The van der Waals surface area contributed by atoms with E-state index in [0.29, 0.717) is 12.5 Å². The molecule has 4 nitrogen and oxygen atoms in total. The van der Waals surface area contributed by atoms with E-state index in [9.17, 15) is 0 Å². The lowest BCUT2D eigenvalue weighted by molar-refractivity contribution is 0.279. The summed E-state index contributed by atoms with van der Waals surface area (Å²) in [6, 6.07) is 0. The Morgan fingerprint density at radius 3 is 2.74 bits per heavy atom. The number of aliphatic imine (C=N–C) groups is 2. The van der Waals surface area contributed by atoms with Crippen LogP contribution in [-0.4, -0.2) is 24.4 Å². The van der Waals surface area contributed by atoms with Crippen LogP contribution in [0.5, 0.6) is 0 Å². The molecule has 0 aromatic rings. The van der Waals surface area contributed by atoms with E-state index < -0.39 is 0 Å². The Hall–Kier alpha value is -2.10. The molecule has 0 unspecified atom stereocenters. The van der Waals surface area contributed by atoms with E-state index >= 15 is 0 Å². The predicted octanol–water partition coefficient (Wildman–Crippen LogP) is 2.97. The van der Waals surface area contributed by atoms with Crippen molar-refractivity contribution in [3.05, 3.63) is 48.9 Å². The fraction of sp³-hybridized carbons (Fsp3) is 0.333. The van der Waals surface area contributed by atoms with Gasteiger partial charge < -0.3 is 10.1 Å². The lowest BCUT2D eigenvalue weighted by Crippen LogP contribution is -2.17. The molecule has 19 heavy (non-hydrogen) atoms. The van der Waals surface area contributed by atoms with Crippen LogP contribution >= 0.6 is 0 Å². The summed E-state index contributed by atoms with van der Waals surface area (Å²) in [6.45, 7) is 13.8. The summed E-state index contributed by atoms with van der Waals surface area (Å²) in [5.74, 6) is 0.639. The maximum Gasteiger partial charge on any atom is 0.218 e. The van der Waals surface area contributed by atoms with E-state index in [1.54, 1.807) is 12.4 Å². The van der Waals surface area contributed by atoms with Crippen molar-refractivity contribution >= 4 is 12.2 Å². The van der Waals surface area contributed by atoms with Gasteiger partial charge in [0.25, 0.3) is 0 Å². The molecule has 0 aliphatic carbocycles. The fourth-order valence-corrected chi connectivity index (χ4v) is 1.51. The second-order valence-corrected chi connectivity index (χ2v) is 4.76. The molecular weight excluding hydrogens is 238 g/mol. The van der Waals surface area contributed by atoms with Crippen molar-refractivity contribution in [2.45, 2.75) is 26.3 Å². The van der Waals surface area contributed by atoms with Gasteiger partial charge >= 0.3 is 0 Å². The normalized spacial score (nSPS) is 19.0. The van der Waals surface area contributed by atoms with Crippen LogP contribution < -0.4 is 5.32 Å². The fourth-order valence-electron chi connectivity index (χ4n) is 1.51. The highest BCUT2D eigenvalue weighted by Crippen LogP contribution is 2.22. The zero-order valence-corrected chi connectivity index (χ0v) is 11.8. The Balaban J connectivity index is 3.04. The van der Waals surface area contributed by atoms with Crippen LogP contribution in [0.3, 0.4) is 0 Å². The van der Waals surface area contributed by atoms with Gasteiger partial charge in [-0.25, -0.2) is 9.98 Å². The lowest BCUT2D eigenvalue weighted by Gasteiger charge is -2.08. The van der Waals surface area contributed by atoms with Crippen LogP contribution in [-0.2, 0) is 4.74 Å². The first kappa shape index (κ1) is 15.0. The number of rotatable bonds is 6. The number of hydrogen-bond donors (Lipinski definition) is 1. The molecule has 1 heterocycles. The summed E-state index contributed by atoms with van der Waals surface area (Å²) in [7, 11) is 0. The van der Waals surface area contributed by atoms with Gasteiger partial charge in [0.1, 0.15) is 6.61 Å². The van der Waals surface area contributed by atoms with E-state index in [4.69, 9.17) is 4.74 Å². The van der Waals surface area contributed by atoms with Crippen LogP contribution in [0.1, 0.15) is 20.8 Å². The third kappa shape index (κ3) is 4.58. The second kappa shape index (κ2) is 6.73. The van der Waals surface area contributed by atoms with E-state index in [1.807, 2.05) is 32.9 Å². The molecule has 0 saturated carbocycles. The number of nitrogens with zero attached hydrogens (tertiary/aromatic N) is 2. The van der Waals surface area contributed by atoms with Gasteiger partial charge in [0.2, 0.25) is 5.90 Å². The van der Waals surface area contributed by atoms with Gasteiger partial charge in [-0.05, 0) is 26.8 Å². The summed E-state index contributed by atoms with van der Waals surface area (Å²) in [5, 5.41) is 3.07. The minimum Gasteiger partial charge on any atom is -0.475 e. The third-order valence-electron chi connectivity index (χ3n) is 2.46. The molecule has 0 radical (unpaired) electrons. The Kier molecular flexibility index (Phi) is 5.30. The van der Waals surface area contributed by atoms with Gasteiger partial charge in [-0.1, -0.05) is 25.3 Å². The van der Waals surface area contributed by atoms with Crippen molar-refractivity contribution in [2.24, 2.45) is 9.98 Å². The van der Waals surface area contributed by atoms with E-state index in [0.717, 1.165) is 11.3 Å². The van der Waals surface area contributed by atoms with Crippen LogP contribution in [0.25, 0.3) is 0 Å².